The SMILES string of the molecule is CN(C(=O)N1CC2(CC2)[C@H](NS(C)(=O)=O)[C@@H]1Cc1cccc(-c2ccccc2)c1F)[C@H]1CCOC1. The molecule has 2 aromatic rings. The van der Waals surface area contributed by atoms with Crippen LogP contribution in [0, 0.1) is 11.2 Å². The third-order valence-electron chi connectivity index (χ3n) is 7.76. The molecular formula is C26H32FN3O4S. The van der Waals surface area contributed by atoms with Gasteiger partial charge < -0.3 is 14.5 Å². The summed E-state index contributed by atoms with van der Waals surface area (Å²) in [5.41, 5.74) is 1.44. The molecule has 1 saturated carbocycles. The van der Waals surface area contributed by atoms with E-state index in [4.69, 9.17) is 4.74 Å². The molecule has 3 atom stereocenters. The first-order valence-electron chi connectivity index (χ1n) is 12.1. The van der Waals surface area contributed by atoms with Crippen LogP contribution in [0.1, 0.15) is 24.8 Å². The van der Waals surface area contributed by atoms with Crippen molar-refractivity contribution in [2.24, 2.45) is 5.41 Å². The van der Waals surface area contributed by atoms with E-state index in [0.717, 1.165) is 31.1 Å². The number of ether oxygens (including phenoxy) is 1. The van der Waals surface area contributed by atoms with Gasteiger partial charge in [-0.15, -0.1) is 0 Å². The van der Waals surface area contributed by atoms with Crippen molar-refractivity contribution in [3.63, 3.8) is 0 Å². The minimum atomic E-state index is -3.53. The molecule has 1 aliphatic carbocycles. The second-order valence-electron chi connectivity index (χ2n) is 10.2. The van der Waals surface area contributed by atoms with Crippen LogP contribution in [-0.2, 0) is 21.2 Å². The molecular weight excluding hydrogens is 469 g/mol. The lowest BCUT2D eigenvalue weighted by atomic mass is 9.91. The lowest BCUT2D eigenvalue weighted by Crippen LogP contribution is -2.53. The Balaban J connectivity index is 1.49. The maximum absolute atomic E-state index is 15.7. The number of halogens is 1. The van der Waals surface area contributed by atoms with E-state index in [-0.39, 0.29) is 29.7 Å². The monoisotopic (exact) mass is 501 g/mol. The second kappa shape index (κ2) is 9.19. The van der Waals surface area contributed by atoms with Crippen molar-refractivity contribution >= 4 is 16.1 Å². The van der Waals surface area contributed by atoms with Crippen LogP contribution >= 0.6 is 0 Å². The molecule has 2 saturated heterocycles. The summed E-state index contributed by atoms with van der Waals surface area (Å²) in [4.78, 5) is 17.1. The van der Waals surface area contributed by atoms with Crippen LogP contribution in [0.2, 0.25) is 0 Å². The van der Waals surface area contributed by atoms with Crippen LogP contribution < -0.4 is 4.72 Å². The Morgan fingerprint density at radius 2 is 1.94 bits per heavy atom. The van der Waals surface area contributed by atoms with Crippen LogP contribution in [0.5, 0.6) is 0 Å². The Kier molecular flexibility index (Phi) is 6.35. The third kappa shape index (κ3) is 4.81. The summed E-state index contributed by atoms with van der Waals surface area (Å²) in [5, 5.41) is 0. The molecule has 2 amide bonds. The molecule has 188 valence electrons. The Morgan fingerprint density at radius 3 is 2.57 bits per heavy atom. The largest absolute Gasteiger partial charge is 0.379 e. The second-order valence-corrected chi connectivity index (χ2v) is 12.0. The molecule has 7 nitrogen and oxygen atoms in total. The number of likely N-dealkylation sites (N-methyl/N-ethyl adjacent to an activating group) is 1. The fraction of sp³-hybridized carbons (Fsp3) is 0.500. The van der Waals surface area contributed by atoms with E-state index in [1.165, 1.54) is 0 Å². The topological polar surface area (TPSA) is 79.0 Å². The number of urea groups is 1. The number of likely N-dealkylation sites (tertiary alicyclic amines) is 1. The van der Waals surface area contributed by atoms with E-state index in [1.54, 1.807) is 29.0 Å². The average molecular weight is 502 g/mol. The van der Waals surface area contributed by atoms with Crippen LogP contribution in [0.4, 0.5) is 9.18 Å². The summed E-state index contributed by atoms with van der Waals surface area (Å²) < 4.78 is 48.7. The fourth-order valence-electron chi connectivity index (χ4n) is 5.63. The van der Waals surface area contributed by atoms with Crippen molar-refractivity contribution < 1.29 is 22.3 Å². The predicted molar refractivity (Wildman–Crippen MR) is 132 cm³/mol. The van der Waals surface area contributed by atoms with Gasteiger partial charge in [-0.2, -0.15) is 0 Å². The number of rotatable bonds is 6. The van der Waals surface area contributed by atoms with Gasteiger partial charge in [-0.1, -0.05) is 48.5 Å². The number of carbonyl (C=O) groups excluding carboxylic acids is 1. The Hall–Kier alpha value is -2.49. The fourth-order valence-corrected chi connectivity index (χ4v) is 6.50. The van der Waals surface area contributed by atoms with Gasteiger partial charge in [0.15, 0.2) is 0 Å². The summed E-state index contributed by atoms with van der Waals surface area (Å²) in [6.07, 6.45) is 3.81. The number of sulfonamides is 1. The number of amides is 2. The molecule has 5 rings (SSSR count). The van der Waals surface area contributed by atoms with Gasteiger partial charge >= 0.3 is 6.03 Å². The molecule has 0 radical (unpaired) electrons. The van der Waals surface area contributed by atoms with Crippen LogP contribution in [0.3, 0.4) is 0 Å². The van der Waals surface area contributed by atoms with E-state index in [9.17, 15) is 13.2 Å². The average Bonchev–Trinajstić information content (AvgIpc) is 3.28. The summed E-state index contributed by atoms with van der Waals surface area (Å²) in [5.74, 6) is -0.335. The molecule has 0 bridgehead atoms. The van der Waals surface area contributed by atoms with E-state index in [2.05, 4.69) is 4.72 Å². The van der Waals surface area contributed by atoms with E-state index >= 15 is 4.39 Å². The van der Waals surface area contributed by atoms with Gasteiger partial charge in [0.1, 0.15) is 5.82 Å². The summed E-state index contributed by atoms with van der Waals surface area (Å²) in [7, 11) is -1.76. The van der Waals surface area contributed by atoms with Crippen molar-refractivity contribution in [3.05, 3.63) is 59.9 Å². The summed E-state index contributed by atoms with van der Waals surface area (Å²) in [6, 6.07) is 13.5. The number of nitrogens with one attached hydrogen (secondary N) is 1. The molecule has 1 spiro atoms. The van der Waals surface area contributed by atoms with Crippen LogP contribution in [0.25, 0.3) is 11.1 Å². The molecule has 2 aliphatic heterocycles. The third-order valence-corrected chi connectivity index (χ3v) is 8.44. The molecule has 1 N–H and O–H groups in total. The highest BCUT2D eigenvalue weighted by atomic mass is 32.2. The van der Waals surface area contributed by atoms with Crippen LogP contribution in [0.15, 0.2) is 48.5 Å². The quantitative estimate of drug-likeness (QED) is 0.659. The zero-order valence-electron chi connectivity index (χ0n) is 20.1. The van der Waals surface area contributed by atoms with Gasteiger partial charge in [-0.05, 0) is 36.8 Å². The number of nitrogens with zero attached hydrogens (tertiary/aromatic N) is 2. The first-order valence-corrected chi connectivity index (χ1v) is 14.0. The number of hydrogen-bond acceptors (Lipinski definition) is 4. The van der Waals surface area contributed by atoms with Gasteiger partial charge in [-0.3, -0.25) is 0 Å². The molecule has 35 heavy (non-hydrogen) atoms. The minimum Gasteiger partial charge on any atom is -0.379 e. The highest BCUT2D eigenvalue weighted by molar-refractivity contribution is 7.88. The van der Waals surface area contributed by atoms with Crippen molar-refractivity contribution in [1.29, 1.82) is 0 Å². The van der Waals surface area contributed by atoms with Crippen molar-refractivity contribution in [2.45, 2.75) is 43.8 Å². The van der Waals surface area contributed by atoms with Crippen LogP contribution in [-0.4, -0.2) is 75.4 Å². The normalized spacial score (nSPS) is 25.2. The van der Waals surface area contributed by atoms with E-state index < -0.39 is 22.1 Å². The van der Waals surface area contributed by atoms with E-state index in [0.29, 0.717) is 30.9 Å². The number of benzene rings is 2. The molecule has 9 heteroatoms. The molecule has 3 fully saturated rings. The lowest BCUT2D eigenvalue weighted by molar-refractivity contribution is 0.126. The Labute approximate surface area is 206 Å². The van der Waals surface area contributed by atoms with E-state index in [1.807, 2.05) is 36.4 Å². The maximum Gasteiger partial charge on any atom is 0.320 e. The first-order chi connectivity index (χ1) is 16.7. The zero-order chi connectivity index (χ0) is 24.8. The minimum absolute atomic E-state index is 0.0154. The molecule has 0 aromatic heterocycles. The number of hydrogen-bond donors (Lipinski definition) is 1. The summed E-state index contributed by atoms with van der Waals surface area (Å²) in [6.45, 7) is 1.57. The van der Waals surface area contributed by atoms with Crippen molar-refractivity contribution in [1.82, 2.24) is 14.5 Å². The number of carbonyl (C=O) groups is 1. The van der Waals surface area contributed by atoms with Crippen molar-refractivity contribution in [2.75, 3.05) is 33.1 Å². The maximum atomic E-state index is 15.7. The molecule has 2 aromatic carbocycles. The summed E-state index contributed by atoms with van der Waals surface area (Å²) >= 11 is 0. The van der Waals surface area contributed by atoms with Gasteiger partial charge in [0.25, 0.3) is 0 Å². The zero-order valence-corrected chi connectivity index (χ0v) is 20.9. The van der Waals surface area contributed by atoms with Gasteiger partial charge in [0.2, 0.25) is 10.0 Å². The van der Waals surface area contributed by atoms with Crippen molar-refractivity contribution in [3.8, 4) is 11.1 Å². The standard InChI is InChI=1S/C26H32FN3O4S/c1-29(20-11-14-34-16-20)25(31)30-17-26(12-13-26)24(28-35(2,32)33)22(30)15-19-9-6-10-21(23(19)27)18-7-4-3-5-8-18/h3-10,20,22,24,28H,11-17H2,1-2H3/t20-,22-,24+/m0/s1. The Bertz CT molecular complexity index is 1200. The van der Waals surface area contributed by atoms with Gasteiger partial charge in [-0.25, -0.2) is 22.3 Å². The predicted octanol–water partition coefficient (Wildman–Crippen LogP) is 3.26. The smallest absolute Gasteiger partial charge is 0.320 e. The Morgan fingerprint density at radius 1 is 1.20 bits per heavy atom. The van der Waals surface area contributed by atoms with Gasteiger partial charge in [0, 0.05) is 37.2 Å². The molecule has 0 unspecified atom stereocenters. The lowest BCUT2D eigenvalue weighted by Gasteiger charge is -2.34. The highest BCUT2D eigenvalue weighted by Crippen LogP contribution is 2.55. The molecule has 2 heterocycles. The highest BCUT2D eigenvalue weighted by Gasteiger charge is 2.61. The van der Waals surface area contributed by atoms with Gasteiger partial charge in [0.05, 0.1) is 24.9 Å². The molecule has 3 aliphatic rings. The first kappa shape index (κ1) is 24.2.